The van der Waals surface area contributed by atoms with Crippen molar-refractivity contribution in [1.82, 2.24) is 20.0 Å². The molecule has 4 rings (SSSR count). The van der Waals surface area contributed by atoms with E-state index in [1.54, 1.807) is 4.68 Å². The largest absolute Gasteiger partial charge is 0.489 e. The van der Waals surface area contributed by atoms with Crippen LogP contribution in [0.1, 0.15) is 42.6 Å². The average molecular weight is 477 g/mol. The van der Waals surface area contributed by atoms with Crippen molar-refractivity contribution in [3.63, 3.8) is 0 Å². The van der Waals surface area contributed by atoms with Gasteiger partial charge in [0.1, 0.15) is 11.4 Å². The number of nitrogens with zero attached hydrogens (tertiary/aromatic N) is 4. The topological polar surface area (TPSA) is 88.4 Å². The van der Waals surface area contributed by atoms with E-state index in [-0.39, 0.29) is 18.0 Å². The van der Waals surface area contributed by atoms with Crippen molar-refractivity contribution in [1.29, 1.82) is 0 Å². The zero-order chi connectivity index (χ0) is 24.6. The van der Waals surface area contributed by atoms with Crippen LogP contribution in [0.2, 0.25) is 0 Å². The van der Waals surface area contributed by atoms with Gasteiger partial charge >= 0.3 is 5.97 Å². The van der Waals surface area contributed by atoms with E-state index in [1.807, 2.05) is 68.6 Å². The molecule has 35 heavy (non-hydrogen) atoms. The number of benzene rings is 1. The molecule has 0 radical (unpaired) electrons. The number of esters is 1. The van der Waals surface area contributed by atoms with Gasteiger partial charge in [-0.2, -0.15) is 0 Å². The SMILES string of the molecule is COC(=O)[C@H]1CCC[C@H](Oc2ccc(-c3nnn(C)c3C=CCOCc3ccccc3)nc2C)C1. The molecule has 2 aromatic heterocycles. The summed E-state index contributed by atoms with van der Waals surface area (Å²) in [6.45, 7) is 2.96. The minimum atomic E-state index is -0.155. The van der Waals surface area contributed by atoms with Gasteiger partial charge < -0.3 is 14.2 Å². The maximum absolute atomic E-state index is 11.9. The number of pyridine rings is 1. The lowest BCUT2D eigenvalue weighted by molar-refractivity contribution is -0.147. The molecule has 1 aliphatic carbocycles. The molecule has 1 aliphatic rings. The van der Waals surface area contributed by atoms with Crippen LogP contribution in [-0.4, -0.2) is 45.8 Å². The summed E-state index contributed by atoms with van der Waals surface area (Å²) in [5.74, 6) is 0.466. The molecule has 0 spiro atoms. The molecular weight excluding hydrogens is 444 g/mol. The van der Waals surface area contributed by atoms with Crippen LogP contribution < -0.4 is 4.74 Å². The molecule has 184 valence electrons. The quantitative estimate of drug-likeness (QED) is 0.331. The average Bonchev–Trinajstić information content (AvgIpc) is 3.25. The van der Waals surface area contributed by atoms with Crippen molar-refractivity contribution in [2.75, 3.05) is 13.7 Å². The molecule has 8 nitrogen and oxygen atoms in total. The third-order valence-electron chi connectivity index (χ3n) is 6.21. The summed E-state index contributed by atoms with van der Waals surface area (Å²) in [6, 6.07) is 13.9. The Morgan fingerprint density at radius 1 is 1.17 bits per heavy atom. The van der Waals surface area contributed by atoms with Gasteiger partial charge in [-0.3, -0.25) is 4.79 Å². The van der Waals surface area contributed by atoms with E-state index in [1.165, 1.54) is 7.11 Å². The molecule has 8 heteroatoms. The Labute approximate surface area is 205 Å². The minimum absolute atomic E-state index is 0.0231. The molecule has 1 saturated carbocycles. The molecule has 0 amide bonds. The van der Waals surface area contributed by atoms with Gasteiger partial charge in [0.25, 0.3) is 0 Å². The fourth-order valence-electron chi connectivity index (χ4n) is 4.33. The van der Waals surface area contributed by atoms with Gasteiger partial charge in [0.2, 0.25) is 0 Å². The number of hydrogen-bond donors (Lipinski definition) is 0. The highest BCUT2D eigenvalue weighted by molar-refractivity contribution is 5.72. The number of rotatable bonds is 9. The first-order valence-corrected chi connectivity index (χ1v) is 12.0. The van der Waals surface area contributed by atoms with Crippen LogP contribution in [0, 0.1) is 12.8 Å². The highest BCUT2D eigenvalue weighted by Gasteiger charge is 2.29. The van der Waals surface area contributed by atoms with Gasteiger partial charge in [-0.1, -0.05) is 41.6 Å². The number of carbonyl (C=O) groups is 1. The van der Waals surface area contributed by atoms with E-state index in [4.69, 9.17) is 19.2 Å². The first-order valence-electron chi connectivity index (χ1n) is 12.0. The Morgan fingerprint density at radius 3 is 2.77 bits per heavy atom. The Hall–Kier alpha value is -3.52. The third-order valence-corrected chi connectivity index (χ3v) is 6.21. The Morgan fingerprint density at radius 2 is 2.00 bits per heavy atom. The van der Waals surface area contributed by atoms with Crippen LogP contribution in [0.25, 0.3) is 17.5 Å². The first kappa shape index (κ1) is 24.6. The summed E-state index contributed by atoms with van der Waals surface area (Å²) >= 11 is 0. The molecule has 0 aliphatic heterocycles. The van der Waals surface area contributed by atoms with E-state index in [0.717, 1.165) is 47.7 Å². The second-order valence-electron chi connectivity index (χ2n) is 8.76. The van der Waals surface area contributed by atoms with Gasteiger partial charge in [0.05, 0.1) is 49.4 Å². The zero-order valence-corrected chi connectivity index (χ0v) is 20.5. The van der Waals surface area contributed by atoms with Crippen molar-refractivity contribution in [3.8, 4) is 17.1 Å². The number of aromatic nitrogens is 4. The van der Waals surface area contributed by atoms with Crippen LogP contribution in [0.3, 0.4) is 0 Å². The minimum Gasteiger partial charge on any atom is -0.489 e. The molecule has 0 bridgehead atoms. The van der Waals surface area contributed by atoms with Gasteiger partial charge in [-0.05, 0) is 56.4 Å². The van der Waals surface area contributed by atoms with Gasteiger partial charge in [0, 0.05) is 7.05 Å². The summed E-state index contributed by atoms with van der Waals surface area (Å²) in [5, 5.41) is 8.50. The summed E-state index contributed by atoms with van der Waals surface area (Å²) in [5.41, 5.74) is 4.19. The molecule has 1 aromatic carbocycles. The highest BCUT2D eigenvalue weighted by atomic mass is 16.5. The van der Waals surface area contributed by atoms with Crippen molar-refractivity contribution in [2.24, 2.45) is 13.0 Å². The highest BCUT2D eigenvalue weighted by Crippen LogP contribution is 2.31. The maximum Gasteiger partial charge on any atom is 0.308 e. The molecule has 0 saturated heterocycles. The second-order valence-corrected chi connectivity index (χ2v) is 8.76. The maximum atomic E-state index is 11.9. The molecular formula is C27H32N4O4. The molecule has 2 heterocycles. The lowest BCUT2D eigenvalue weighted by Gasteiger charge is -2.28. The lowest BCUT2D eigenvalue weighted by atomic mass is 9.87. The summed E-state index contributed by atoms with van der Waals surface area (Å²) in [4.78, 5) is 16.7. The Balaban J connectivity index is 1.40. The molecule has 1 fully saturated rings. The Bertz CT molecular complexity index is 1160. The second kappa shape index (κ2) is 11.8. The number of ether oxygens (including phenoxy) is 3. The van der Waals surface area contributed by atoms with Crippen LogP contribution in [0.4, 0.5) is 0 Å². The van der Waals surface area contributed by atoms with E-state index in [0.29, 0.717) is 25.3 Å². The monoisotopic (exact) mass is 476 g/mol. The van der Waals surface area contributed by atoms with Crippen molar-refractivity contribution < 1.29 is 19.0 Å². The molecule has 3 aromatic rings. The van der Waals surface area contributed by atoms with Crippen LogP contribution >= 0.6 is 0 Å². The van der Waals surface area contributed by atoms with Crippen LogP contribution in [0.15, 0.2) is 48.5 Å². The van der Waals surface area contributed by atoms with Crippen molar-refractivity contribution in [3.05, 3.63) is 65.5 Å². The van der Waals surface area contributed by atoms with Crippen LogP contribution in [-0.2, 0) is 27.9 Å². The third kappa shape index (κ3) is 6.33. The number of aryl methyl sites for hydroxylation is 2. The molecule has 2 atom stereocenters. The molecule has 0 N–H and O–H groups in total. The standard InChI is InChI=1S/C27H32N4O4/c1-19-25(35-22-12-7-11-21(17-22)27(32)33-3)15-14-23(28-19)26-24(31(2)30-29-26)13-8-16-34-18-20-9-5-4-6-10-20/h4-6,8-10,13-15,21-22H,7,11-12,16-18H2,1-3H3/t21-,22-/m0/s1. The fourth-order valence-corrected chi connectivity index (χ4v) is 4.33. The zero-order valence-electron chi connectivity index (χ0n) is 20.5. The first-order chi connectivity index (χ1) is 17.0. The van der Waals surface area contributed by atoms with Gasteiger partial charge in [-0.25, -0.2) is 9.67 Å². The number of hydrogen-bond acceptors (Lipinski definition) is 7. The molecule has 0 unspecified atom stereocenters. The summed E-state index contributed by atoms with van der Waals surface area (Å²) in [7, 11) is 3.29. The van der Waals surface area contributed by atoms with E-state index in [2.05, 4.69) is 10.3 Å². The predicted octanol–water partition coefficient (Wildman–Crippen LogP) is 4.53. The summed E-state index contributed by atoms with van der Waals surface area (Å²) < 4.78 is 18.6. The van der Waals surface area contributed by atoms with Gasteiger partial charge in [0.15, 0.2) is 0 Å². The smallest absolute Gasteiger partial charge is 0.308 e. The lowest BCUT2D eigenvalue weighted by Crippen LogP contribution is -2.30. The van der Waals surface area contributed by atoms with Crippen molar-refractivity contribution >= 4 is 12.0 Å². The fraction of sp³-hybridized carbons (Fsp3) is 0.407. The van der Waals surface area contributed by atoms with Crippen molar-refractivity contribution in [2.45, 2.75) is 45.3 Å². The van der Waals surface area contributed by atoms with E-state index in [9.17, 15) is 4.79 Å². The van der Waals surface area contributed by atoms with Gasteiger partial charge in [-0.15, -0.1) is 5.10 Å². The van der Waals surface area contributed by atoms with E-state index >= 15 is 0 Å². The van der Waals surface area contributed by atoms with Crippen LogP contribution in [0.5, 0.6) is 5.75 Å². The van der Waals surface area contributed by atoms with E-state index < -0.39 is 0 Å². The summed E-state index contributed by atoms with van der Waals surface area (Å²) in [6.07, 6.45) is 7.26. The predicted molar refractivity (Wildman–Crippen MR) is 132 cm³/mol. The number of methoxy groups -OCH3 is 1. The normalized spacial score (nSPS) is 18.0. The Kier molecular flexibility index (Phi) is 8.26. The number of carbonyl (C=O) groups excluding carboxylic acids is 1.